The van der Waals surface area contributed by atoms with E-state index in [0.717, 1.165) is 26.5 Å². The van der Waals surface area contributed by atoms with E-state index < -0.39 is 0 Å². The Hall–Kier alpha value is -2.96. The predicted molar refractivity (Wildman–Crippen MR) is 112 cm³/mol. The van der Waals surface area contributed by atoms with Crippen LogP contribution in [0.1, 0.15) is 5.56 Å². The van der Waals surface area contributed by atoms with Gasteiger partial charge in [0.25, 0.3) is 0 Å². The minimum Gasteiger partial charge on any atom is -0.308 e. The number of urea groups is 1. The Morgan fingerprint density at radius 1 is 1.07 bits per heavy atom. The van der Waals surface area contributed by atoms with Crippen LogP contribution in [-0.4, -0.2) is 16.0 Å². The van der Waals surface area contributed by atoms with Crippen molar-refractivity contribution in [2.75, 3.05) is 10.6 Å². The Balaban J connectivity index is 1.54. The van der Waals surface area contributed by atoms with Crippen LogP contribution in [-0.2, 0) is 0 Å². The number of aromatic nitrogens is 2. The number of carbonyl (C=O) groups excluding carboxylic acids is 1. The normalized spacial score (nSPS) is 10.7. The van der Waals surface area contributed by atoms with E-state index in [4.69, 9.17) is 11.6 Å². The molecule has 0 aliphatic heterocycles. The summed E-state index contributed by atoms with van der Waals surface area (Å²) >= 11 is 7.65. The third kappa shape index (κ3) is 3.92. The molecule has 5 nitrogen and oxygen atoms in total. The SMILES string of the molecule is Cc1ccc(Cl)c(NC(=O)Nc2cccc(-c3nc4cccnc4s3)c2)c1. The molecule has 7 heteroatoms. The van der Waals surface area contributed by atoms with Crippen molar-refractivity contribution in [3.63, 3.8) is 0 Å². The van der Waals surface area contributed by atoms with Gasteiger partial charge >= 0.3 is 6.03 Å². The van der Waals surface area contributed by atoms with Gasteiger partial charge in [0.1, 0.15) is 15.4 Å². The highest BCUT2D eigenvalue weighted by atomic mass is 35.5. The molecule has 0 unspecified atom stereocenters. The second-order valence-corrected chi connectivity index (χ2v) is 7.37. The summed E-state index contributed by atoms with van der Waals surface area (Å²) in [6, 6.07) is 16.5. The van der Waals surface area contributed by atoms with Gasteiger partial charge < -0.3 is 10.6 Å². The lowest BCUT2D eigenvalue weighted by Gasteiger charge is -2.10. The summed E-state index contributed by atoms with van der Waals surface area (Å²) in [5.74, 6) is 0. The van der Waals surface area contributed by atoms with Gasteiger partial charge in [-0.25, -0.2) is 14.8 Å². The molecule has 4 rings (SSSR count). The fourth-order valence-electron chi connectivity index (χ4n) is 2.64. The Bertz CT molecular complexity index is 1110. The van der Waals surface area contributed by atoms with Crippen LogP contribution in [0.15, 0.2) is 60.8 Å². The van der Waals surface area contributed by atoms with E-state index in [1.54, 1.807) is 12.3 Å². The fraction of sp³-hybridized carbons (Fsp3) is 0.0500. The second-order valence-electron chi connectivity index (χ2n) is 5.99. The first-order valence-corrected chi connectivity index (χ1v) is 9.44. The molecular formula is C20H15ClN4OS. The van der Waals surface area contributed by atoms with Gasteiger partial charge in [-0.05, 0) is 48.9 Å². The molecule has 27 heavy (non-hydrogen) atoms. The fourth-order valence-corrected chi connectivity index (χ4v) is 3.71. The summed E-state index contributed by atoms with van der Waals surface area (Å²) in [7, 11) is 0. The van der Waals surface area contributed by atoms with Crippen molar-refractivity contribution in [1.82, 2.24) is 9.97 Å². The molecular weight excluding hydrogens is 380 g/mol. The first-order chi connectivity index (χ1) is 13.1. The number of thiazole rings is 1. The van der Waals surface area contributed by atoms with E-state index in [1.165, 1.54) is 11.3 Å². The number of nitrogens with one attached hydrogen (secondary N) is 2. The lowest BCUT2D eigenvalue weighted by molar-refractivity contribution is 0.262. The lowest BCUT2D eigenvalue weighted by Crippen LogP contribution is -2.19. The van der Waals surface area contributed by atoms with Gasteiger partial charge in [-0.3, -0.25) is 0 Å². The molecule has 0 saturated carbocycles. The van der Waals surface area contributed by atoms with Crippen LogP contribution in [0.25, 0.3) is 20.9 Å². The van der Waals surface area contributed by atoms with E-state index >= 15 is 0 Å². The van der Waals surface area contributed by atoms with Gasteiger partial charge in [0, 0.05) is 17.4 Å². The third-order valence-electron chi connectivity index (χ3n) is 3.90. The highest BCUT2D eigenvalue weighted by Gasteiger charge is 2.10. The average molecular weight is 395 g/mol. The van der Waals surface area contributed by atoms with Crippen LogP contribution in [0.3, 0.4) is 0 Å². The van der Waals surface area contributed by atoms with Crippen molar-refractivity contribution in [1.29, 1.82) is 0 Å². The van der Waals surface area contributed by atoms with Gasteiger partial charge in [-0.15, -0.1) is 0 Å². The second kappa shape index (κ2) is 7.34. The maximum absolute atomic E-state index is 12.3. The number of pyridine rings is 1. The molecule has 4 aromatic rings. The van der Waals surface area contributed by atoms with Crippen molar-refractivity contribution in [3.8, 4) is 10.6 Å². The maximum atomic E-state index is 12.3. The number of rotatable bonds is 3. The zero-order valence-corrected chi connectivity index (χ0v) is 15.9. The highest BCUT2D eigenvalue weighted by Crippen LogP contribution is 2.30. The minimum absolute atomic E-state index is 0.356. The molecule has 0 aliphatic carbocycles. The van der Waals surface area contributed by atoms with Crippen LogP contribution < -0.4 is 10.6 Å². The molecule has 134 valence electrons. The van der Waals surface area contributed by atoms with Crippen LogP contribution >= 0.6 is 22.9 Å². The molecule has 2 aromatic heterocycles. The van der Waals surface area contributed by atoms with Gasteiger partial charge in [0.2, 0.25) is 0 Å². The molecule has 0 fully saturated rings. The van der Waals surface area contributed by atoms with E-state index in [1.807, 2.05) is 55.5 Å². The Labute approximate surface area is 165 Å². The summed E-state index contributed by atoms with van der Waals surface area (Å²) in [5, 5.41) is 6.96. The summed E-state index contributed by atoms with van der Waals surface area (Å²) in [5.41, 5.74) is 4.04. The van der Waals surface area contributed by atoms with Gasteiger partial charge in [0.15, 0.2) is 0 Å². The summed E-state index contributed by atoms with van der Waals surface area (Å²) in [6.07, 6.45) is 1.75. The highest BCUT2D eigenvalue weighted by molar-refractivity contribution is 7.21. The molecule has 0 atom stereocenters. The molecule has 2 heterocycles. The number of hydrogen-bond donors (Lipinski definition) is 2. The maximum Gasteiger partial charge on any atom is 0.323 e. The number of benzene rings is 2. The topological polar surface area (TPSA) is 66.9 Å². The van der Waals surface area contributed by atoms with Crippen molar-refractivity contribution in [3.05, 3.63) is 71.4 Å². The van der Waals surface area contributed by atoms with Crippen LogP contribution in [0.5, 0.6) is 0 Å². The number of anilines is 2. The summed E-state index contributed by atoms with van der Waals surface area (Å²) < 4.78 is 0. The Morgan fingerprint density at radius 3 is 2.81 bits per heavy atom. The first-order valence-electron chi connectivity index (χ1n) is 8.25. The summed E-state index contributed by atoms with van der Waals surface area (Å²) in [4.78, 5) is 22.1. The number of aryl methyl sites for hydroxylation is 1. The molecule has 0 aliphatic rings. The van der Waals surface area contributed by atoms with Crippen LogP contribution in [0.2, 0.25) is 5.02 Å². The quantitative estimate of drug-likeness (QED) is 0.450. The van der Waals surface area contributed by atoms with E-state index in [-0.39, 0.29) is 6.03 Å². The standard InChI is InChI=1S/C20H15ClN4OS/c1-12-7-8-15(21)17(10-12)25-20(26)23-14-5-2-4-13(11-14)18-24-16-6-3-9-22-19(16)27-18/h2-11H,1H3,(H2,23,25,26). The zero-order valence-electron chi connectivity index (χ0n) is 14.4. The van der Waals surface area contributed by atoms with E-state index in [2.05, 4.69) is 20.6 Å². The number of fused-ring (bicyclic) bond motifs is 1. The molecule has 0 radical (unpaired) electrons. The number of nitrogens with zero attached hydrogens (tertiary/aromatic N) is 2. The molecule has 0 bridgehead atoms. The average Bonchev–Trinajstić information content (AvgIpc) is 3.09. The molecule has 0 spiro atoms. The molecule has 2 aromatic carbocycles. The monoisotopic (exact) mass is 394 g/mol. The zero-order chi connectivity index (χ0) is 18.8. The largest absolute Gasteiger partial charge is 0.323 e. The third-order valence-corrected chi connectivity index (χ3v) is 5.26. The number of carbonyl (C=O) groups is 1. The van der Waals surface area contributed by atoms with Crippen LogP contribution in [0, 0.1) is 6.92 Å². The molecule has 2 amide bonds. The van der Waals surface area contributed by atoms with E-state index in [0.29, 0.717) is 16.4 Å². The summed E-state index contributed by atoms with van der Waals surface area (Å²) in [6.45, 7) is 1.94. The van der Waals surface area contributed by atoms with Gasteiger partial charge in [-0.1, -0.05) is 41.1 Å². The van der Waals surface area contributed by atoms with Gasteiger partial charge in [0.05, 0.1) is 10.7 Å². The number of halogens is 1. The minimum atomic E-state index is -0.356. The Morgan fingerprint density at radius 2 is 1.96 bits per heavy atom. The first kappa shape index (κ1) is 17.5. The smallest absolute Gasteiger partial charge is 0.308 e. The van der Waals surface area contributed by atoms with Crippen molar-refractivity contribution in [2.24, 2.45) is 0 Å². The van der Waals surface area contributed by atoms with Crippen molar-refractivity contribution in [2.45, 2.75) is 6.92 Å². The van der Waals surface area contributed by atoms with E-state index in [9.17, 15) is 4.79 Å². The number of hydrogen-bond acceptors (Lipinski definition) is 4. The van der Waals surface area contributed by atoms with Gasteiger partial charge in [-0.2, -0.15) is 0 Å². The Kier molecular flexibility index (Phi) is 4.75. The predicted octanol–water partition coefficient (Wildman–Crippen LogP) is 5.96. The van der Waals surface area contributed by atoms with Crippen LogP contribution in [0.4, 0.5) is 16.2 Å². The molecule has 2 N–H and O–H groups in total. The number of amides is 2. The molecule has 0 saturated heterocycles. The van der Waals surface area contributed by atoms with Crippen molar-refractivity contribution < 1.29 is 4.79 Å². The van der Waals surface area contributed by atoms with Crippen molar-refractivity contribution >= 4 is 50.7 Å². The lowest BCUT2D eigenvalue weighted by atomic mass is 10.2.